The molecule has 4 rings (SSSR count). The number of likely N-dealkylation sites (tertiary alicyclic amines) is 1. The minimum Gasteiger partial charge on any atom is -0.496 e. The van der Waals surface area contributed by atoms with Crippen LogP contribution in [0.15, 0.2) is 42.5 Å². The molecule has 2 aromatic rings. The van der Waals surface area contributed by atoms with Crippen LogP contribution < -0.4 is 14.2 Å². The van der Waals surface area contributed by atoms with Crippen molar-refractivity contribution in [3.05, 3.63) is 53.6 Å². The summed E-state index contributed by atoms with van der Waals surface area (Å²) in [5.41, 5.74) is 0.758. The van der Waals surface area contributed by atoms with Crippen LogP contribution in [0.3, 0.4) is 0 Å². The zero-order chi connectivity index (χ0) is 20.3. The number of β-amino-alcohol motifs (C(OH)–C–C–N with tert-alkyl or cyclic N) is 1. The highest BCUT2D eigenvalue weighted by atomic mass is 16.5. The van der Waals surface area contributed by atoms with Crippen molar-refractivity contribution in [3.63, 3.8) is 0 Å². The Balaban J connectivity index is 1.39. The molecular weight excluding hydrogens is 370 g/mol. The van der Waals surface area contributed by atoms with Gasteiger partial charge in [0, 0.05) is 31.6 Å². The van der Waals surface area contributed by atoms with E-state index in [0.717, 1.165) is 29.0 Å². The molecular formula is C23H29NO5. The molecule has 156 valence electrons. The lowest BCUT2D eigenvalue weighted by atomic mass is 9.83. The summed E-state index contributed by atoms with van der Waals surface area (Å²) in [6, 6.07) is 13.3. The predicted octanol–water partition coefficient (Wildman–Crippen LogP) is 2.87. The maximum atomic E-state index is 11.2. The Labute approximate surface area is 171 Å². The Morgan fingerprint density at radius 3 is 2.55 bits per heavy atom. The Bertz CT molecular complexity index is 832. The molecule has 0 radical (unpaired) electrons. The second-order valence-corrected chi connectivity index (χ2v) is 7.80. The molecule has 0 saturated carbocycles. The van der Waals surface area contributed by atoms with Gasteiger partial charge >= 0.3 is 0 Å². The van der Waals surface area contributed by atoms with Crippen molar-refractivity contribution in [1.29, 1.82) is 0 Å². The first-order valence-electron chi connectivity index (χ1n) is 10.2. The average Bonchev–Trinajstić information content (AvgIpc) is 3.00. The molecule has 2 aromatic carbocycles. The van der Waals surface area contributed by atoms with Gasteiger partial charge in [0.2, 0.25) is 0 Å². The molecule has 1 fully saturated rings. The van der Waals surface area contributed by atoms with E-state index in [1.54, 1.807) is 7.11 Å². The number of aliphatic hydroxyl groups is 2. The summed E-state index contributed by atoms with van der Waals surface area (Å²) in [4.78, 5) is 2.19. The number of hydrogen-bond donors (Lipinski definition) is 2. The van der Waals surface area contributed by atoms with Crippen LogP contribution in [0.4, 0.5) is 0 Å². The van der Waals surface area contributed by atoms with E-state index >= 15 is 0 Å². The predicted molar refractivity (Wildman–Crippen MR) is 110 cm³/mol. The van der Waals surface area contributed by atoms with Crippen molar-refractivity contribution in [1.82, 2.24) is 4.90 Å². The maximum Gasteiger partial charge on any atom is 0.161 e. The van der Waals surface area contributed by atoms with Crippen LogP contribution in [0.5, 0.6) is 17.2 Å². The smallest absolute Gasteiger partial charge is 0.161 e. The molecule has 2 N–H and O–H groups in total. The van der Waals surface area contributed by atoms with E-state index in [1.165, 1.54) is 0 Å². The van der Waals surface area contributed by atoms with E-state index < -0.39 is 11.7 Å². The first-order valence-corrected chi connectivity index (χ1v) is 10.2. The summed E-state index contributed by atoms with van der Waals surface area (Å²) < 4.78 is 16.8. The molecule has 0 aliphatic carbocycles. The number of fused-ring (bicyclic) bond motifs is 1. The van der Waals surface area contributed by atoms with Crippen LogP contribution >= 0.6 is 0 Å². The normalized spacial score (nSPS) is 20.0. The Morgan fingerprint density at radius 2 is 1.79 bits per heavy atom. The van der Waals surface area contributed by atoms with Crippen LogP contribution in [0.25, 0.3) is 0 Å². The van der Waals surface area contributed by atoms with Crippen LogP contribution in [0, 0.1) is 0 Å². The number of methoxy groups -OCH3 is 1. The van der Waals surface area contributed by atoms with Gasteiger partial charge in [-0.3, -0.25) is 0 Å². The number of para-hydroxylation sites is 1. The van der Waals surface area contributed by atoms with Crippen molar-refractivity contribution in [2.24, 2.45) is 0 Å². The first-order chi connectivity index (χ1) is 14.1. The number of benzene rings is 2. The van der Waals surface area contributed by atoms with Crippen LogP contribution in [0.1, 0.15) is 36.5 Å². The van der Waals surface area contributed by atoms with Gasteiger partial charge in [-0.05, 0) is 36.6 Å². The molecule has 1 saturated heterocycles. The maximum absolute atomic E-state index is 11.2. The number of aliphatic hydroxyl groups excluding tert-OH is 1. The second-order valence-electron chi connectivity index (χ2n) is 7.80. The SMILES string of the molecule is COc1ccccc1C1(O)CCN(C[C@H](O)c2ccc3c(c2)OCCCO3)CC1. The first kappa shape index (κ1) is 20.0. The molecule has 6 heteroatoms. The van der Waals surface area contributed by atoms with Gasteiger partial charge in [0.1, 0.15) is 5.75 Å². The summed E-state index contributed by atoms with van der Waals surface area (Å²) in [6.07, 6.45) is 1.43. The highest BCUT2D eigenvalue weighted by molar-refractivity contribution is 5.44. The van der Waals surface area contributed by atoms with E-state index in [9.17, 15) is 10.2 Å². The van der Waals surface area contributed by atoms with Gasteiger partial charge in [-0.1, -0.05) is 24.3 Å². The summed E-state index contributed by atoms with van der Waals surface area (Å²) in [5, 5.41) is 21.9. The van der Waals surface area contributed by atoms with E-state index in [1.807, 2.05) is 42.5 Å². The number of nitrogens with zero attached hydrogens (tertiary/aromatic N) is 1. The molecule has 0 bridgehead atoms. The van der Waals surface area contributed by atoms with Gasteiger partial charge < -0.3 is 29.3 Å². The van der Waals surface area contributed by atoms with Crippen LogP contribution in [0.2, 0.25) is 0 Å². The summed E-state index contributed by atoms with van der Waals surface area (Å²) in [5.74, 6) is 2.15. The molecule has 0 amide bonds. The summed E-state index contributed by atoms with van der Waals surface area (Å²) in [7, 11) is 1.63. The monoisotopic (exact) mass is 399 g/mol. The van der Waals surface area contributed by atoms with Crippen molar-refractivity contribution < 1.29 is 24.4 Å². The van der Waals surface area contributed by atoms with Gasteiger partial charge in [0.05, 0.1) is 32.0 Å². The fraction of sp³-hybridized carbons (Fsp3) is 0.478. The number of ether oxygens (including phenoxy) is 3. The third-order valence-corrected chi connectivity index (χ3v) is 5.88. The van der Waals surface area contributed by atoms with Crippen LogP contribution in [-0.2, 0) is 5.60 Å². The number of hydrogen-bond acceptors (Lipinski definition) is 6. The quantitative estimate of drug-likeness (QED) is 0.806. The van der Waals surface area contributed by atoms with E-state index in [0.29, 0.717) is 51.4 Å². The molecule has 0 unspecified atom stereocenters. The standard InChI is InChI=1S/C23H29NO5/c1-27-20-6-3-2-5-18(20)23(26)9-11-24(12-10-23)16-19(25)17-7-8-21-22(15-17)29-14-4-13-28-21/h2-3,5-8,15,19,25-26H,4,9-14,16H2,1H3/t19-/m0/s1. The molecule has 0 aromatic heterocycles. The molecule has 1 atom stereocenters. The van der Waals surface area contributed by atoms with Crippen LogP contribution in [-0.4, -0.2) is 55.1 Å². The van der Waals surface area contributed by atoms with Crippen molar-refractivity contribution >= 4 is 0 Å². The van der Waals surface area contributed by atoms with Crippen molar-refractivity contribution in [3.8, 4) is 17.2 Å². The Kier molecular flexibility index (Phi) is 5.94. The summed E-state index contributed by atoms with van der Waals surface area (Å²) in [6.45, 7) is 3.20. The molecule has 2 aliphatic heterocycles. The molecule has 2 aliphatic rings. The second kappa shape index (κ2) is 8.61. The third-order valence-electron chi connectivity index (χ3n) is 5.88. The lowest BCUT2D eigenvalue weighted by Gasteiger charge is -2.39. The number of rotatable bonds is 5. The van der Waals surface area contributed by atoms with Gasteiger partial charge in [0.25, 0.3) is 0 Å². The largest absolute Gasteiger partial charge is 0.496 e. The highest BCUT2D eigenvalue weighted by Crippen LogP contribution is 2.38. The number of piperidine rings is 1. The molecule has 0 spiro atoms. The third kappa shape index (κ3) is 4.34. The highest BCUT2D eigenvalue weighted by Gasteiger charge is 2.36. The van der Waals surface area contributed by atoms with Crippen molar-refractivity contribution in [2.45, 2.75) is 31.0 Å². The fourth-order valence-corrected chi connectivity index (χ4v) is 4.14. The minimum atomic E-state index is -0.899. The van der Waals surface area contributed by atoms with Gasteiger partial charge in [-0.25, -0.2) is 0 Å². The lowest BCUT2D eigenvalue weighted by Crippen LogP contribution is -2.44. The lowest BCUT2D eigenvalue weighted by molar-refractivity contribution is -0.0358. The fourth-order valence-electron chi connectivity index (χ4n) is 4.14. The Hall–Kier alpha value is -2.28. The zero-order valence-corrected chi connectivity index (χ0v) is 16.8. The minimum absolute atomic E-state index is 0.516. The topological polar surface area (TPSA) is 71.4 Å². The van der Waals surface area contributed by atoms with E-state index in [-0.39, 0.29) is 0 Å². The molecule has 2 heterocycles. The van der Waals surface area contributed by atoms with Gasteiger partial charge in [-0.2, -0.15) is 0 Å². The van der Waals surface area contributed by atoms with Gasteiger partial charge in [0.15, 0.2) is 11.5 Å². The summed E-state index contributed by atoms with van der Waals surface area (Å²) >= 11 is 0. The Morgan fingerprint density at radius 1 is 1.07 bits per heavy atom. The van der Waals surface area contributed by atoms with E-state index in [4.69, 9.17) is 14.2 Å². The van der Waals surface area contributed by atoms with Gasteiger partial charge in [-0.15, -0.1) is 0 Å². The van der Waals surface area contributed by atoms with Crippen molar-refractivity contribution in [2.75, 3.05) is 40.0 Å². The molecule has 6 nitrogen and oxygen atoms in total. The zero-order valence-electron chi connectivity index (χ0n) is 16.8. The van der Waals surface area contributed by atoms with E-state index in [2.05, 4.69) is 4.90 Å². The average molecular weight is 399 g/mol. The molecule has 29 heavy (non-hydrogen) atoms.